The van der Waals surface area contributed by atoms with E-state index in [1.54, 1.807) is 0 Å². The Morgan fingerprint density at radius 1 is 1.54 bits per heavy atom. The van der Waals surface area contributed by atoms with Crippen LogP contribution >= 0.6 is 0 Å². The van der Waals surface area contributed by atoms with E-state index in [1.807, 2.05) is 0 Å². The van der Waals surface area contributed by atoms with Crippen LogP contribution in [0.1, 0.15) is 0 Å². The first kappa shape index (κ1) is 9.69. The van der Waals surface area contributed by atoms with E-state index in [1.165, 1.54) is 18.2 Å². The van der Waals surface area contributed by atoms with Crippen LogP contribution in [0, 0.1) is 0 Å². The second kappa shape index (κ2) is 3.55. The minimum atomic E-state index is -2.47. The molecule has 70 valence electrons. The summed E-state index contributed by atoms with van der Waals surface area (Å²) >= 11 is 0. The Hall–Kier alpha value is -1.40. The summed E-state index contributed by atoms with van der Waals surface area (Å²) in [4.78, 5) is 10.4. The molecule has 0 heterocycles. The molecule has 5 nitrogen and oxygen atoms in total. The van der Waals surface area contributed by atoms with Gasteiger partial charge >= 0.3 is 5.97 Å². The molecule has 3 N–H and O–H groups in total. The largest absolute Gasteiger partial charge is 0.478 e. The SMILES string of the molecule is NC1C(C(=O)O)=CC=CC1=S(=O)=O. The Labute approximate surface area is 75.7 Å². The van der Waals surface area contributed by atoms with Gasteiger partial charge in [0.15, 0.2) is 0 Å². The highest BCUT2D eigenvalue weighted by molar-refractivity contribution is 7.73. The molecule has 0 radical (unpaired) electrons. The van der Waals surface area contributed by atoms with Crippen molar-refractivity contribution < 1.29 is 18.3 Å². The van der Waals surface area contributed by atoms with E-state index in [2.05, 4.69) is 0 Å². The van der Waals surface area contributed by atoms with Crippen molar-refractivity contribution >= 4 is 21.1 Å². The maximum atomic E-state index is 10.5. The fourth-order valence-electron chi connectivity index (χ4n) is 0.971. The molecule has 0 aromatic heterocycles. The van der Waals surface area contributed by atoms with E-state index in [0.29, 0.717) is 0 Å². The maximum absolute atomic E-state index is 10.5. The average molecular weight is 201 g/mol. The molecule has 0 saturated carbocycles. The van der Waals surface area contributed by atoms with Crippen LogP contribution < -0.4 is 5.73 Å². The molecule has 1 aliphatic rings. The predicted octanol–water partition coefficient (Wildman–Crippen LogP) is -1.05. The lowest BCUT2D eigenvalue weighted by atomic mass is 10.00. The second-order valence-corrected chi connectivity index (χ2v) is 3.34. The molecule has 0 spiro atoms. The molecule has 0 saturated heterocycles. The van der Waals surface area contributed by atoms with Gasteiger partial charge in [-0.3, -0.25) is 0 Å². The third kappa shape index (κ3) is 1.85. The molecule has 0 fully saturated rings. The molecular formula is C7H7NO4S. The molecular weight excluding hydrogens is 194 g/mol. The zero-order valence-corrected chi connectivity index (χ0v) is 7.28. The highest BCUT2D eigenvalue weighted by atomic mass is 32.2. The second-order valence-electron chi connectivity index (χ2n) is 2.40. The molecule has 0 amide bonds. The number of carbonyl (C=O) groups is 1. The van der Waals surface area contributed by atoms with E-state index in [9.17, 15) is 13.2 Å². The maximum Gasteiger partial charge on any atom is 0.333 e. The summed E-state index contributed by atoms with van der Waals surface area (Å²) in [6.45, 7) is 0. The van der Waals surface area contributed by atoms with Crippen LogP contribution in [0.3, 0.4) is 0 Å². The van der Waals surface area contributed by atoms with E-state index in [-0.39, 0.29) is 10.4 Å². The number of nitrogens with two attached hydrogens (primary N) is 1. The molecule has 1 aliphatic carbocycles. The van der Waals surface area contributed by atoms with Crippen LogP contribution in [0.5, 0.6) is 0 Å². The molecule has 0 aromatic rings. The minimum Gasteiger partial charge on any atom is -0.478 e. The van der Waals surface area contributed by atoms with Crippen molar-refractivity contribution in [3.05, 3.63) is 23.8 Å². The van der Waals surface area contributed by atoms with Crippen LogP contribution in [-0.2, 0) is 15.1 Å². The van der Waals surface area contributed by atoms with Crippen molar-refractivity contribution in [1.82, 2.24) is 0 Å². The lowest BCUT2D eigenvalue weighted by Gasteiger charge is -2.12. The van der Waals surface area contributed by atoms with Crippen LogP contribution in [0.2, 0.25) is 0 Å². The monoisotopic (exact) mass is 201 g/mol. The van der Waals surface area contributed by atoms with Crippen molar-refractivity contribution in [2.45, 2.75) is 6.04 Å². The normalized spacial score (nSPS) is 21.2. The molecule has 0 bridgehead atoms. The van der Waals surface area contributed by atoms with Gasteiger partial charge in [-0.15, -0.1) is 0 Å². The van der Waals surface area contributed by atoms with Gasteiger partial charge < -0.3 is 10.8 Å². The summed E-state index contributed by atoms with van der Waals surface area (Å²) in [6, 6.07) is -1.07. The van der Waals surface area contributed by atoms with Crippen molar-refractivity contribution in [3.8, 4) is 0 Å². The van der Waals surface area contributed by atoms with E-state index in [4.69, 9.17) is 10.8 Å². The van der Waals surface area contributed by atoms with E-state index in [0.717, 1.165) is 0 Å². The van der Waals surface area contributed by atoms with Gasteiger partial charge in [0.05, 0.1) is 16.5 Å². The quantitative estimate of drug-likeness (QED) is 0.527. The van der Waals surface area contributed by atoms with Gasteiger partial charge in [0.25, 0.3) is 0 Å². The minimum absolute atomic E-state index is 0.111. The third-order valence-electron chi connectivity index (χ3n) is 1.62. The smallest absolute Gasteiger partial charge is 0.333 e. The van der Waals surface area contributed by atoms with Gasteiger partial charge in [-0.1, -0.05) is 6.08 Å². The first-order valence-corrected chi connectivity index (χ1v) is 4.44. The summed E-state index contributed by atoms with van der Waals surface area (Å²) in [6.07, 6.45) is 3.90. The molecule has 0 aliphatic heterocycles. The topological polar surface area (TPSA) is 97.5 Å². The van der Waals surface area contributed by atoms with Gasteiger partial charge in [-0.2, -0.15) is 8.42 Å². The molecule has 1 atom stereocenters. The van der Waals surface area contributed by atoms with Gasteiger partial charge in [0.2, 0.25) is 10.3 Å². The Balaban J connectivity index is 3.23. The standard InChI is InChI=1S/C7H7NO4S/c8-6-4(7(9)10)2-1-3-5(6)13(11)12/h1-3,6H,8H2,(H,9,10). The van der Waals surface area contributed by atoms with Crippen LogP contribution in [-0.4, -0.2) is 30.4 Å². The summed E-state index contributed by atoms with van der Waals surface area (Å²) < 4.78 is 21.1. The molecule has 0 aromatic carbocycles. The molecule has 13 heavy (non-hydrogen) atoms. The zero-order valence-electron chi connectivity index (χ0n) is 6.47. The number of hydrogen-bond acceptors (Lipinski definition) is 4. The number of carboxylic acids is 1. The van der Waals surface area contributed by atoms with Crippen LogP contribution in [0.4, 0.5) is 0 Å². The number of carboxylic acid groups (broad SMARTS) is 1. The lowest BCUT2D eigenvalue weighted by molar-refractivity contribution is -0.132. The fraction of sp³-hybridized carbons (Fsp3) is 0.143. The first-order valence-electron chi connectivity index (χ1n) is 3.37. The number of rotatable bonds is 1. The van der Waals surface area contributed by atoms with Gasteiger partial charge in [0.1, 0.15) is 0 Å². The fourth-order valence-corrected chi connectivity index (χ4v) is 1.49. The number of allylic oxidation sites excluding steroid dienone is 2. The van der Waals surface area contributed by atoms with Gasteiger partial charge in [-0.05, 0) is 12.2 Å². The predicted molar refractivity (Wildman–Crippen MR) is 46.8 cm³/mol. The van der Waals surface area contributed by atoms with Crippen LogP contribution in [0.25, 0.3) is 0 Å². The van der Waals surface area contributed by atoms with Crippen LogP contribution in [0.15, 0.2) is 23.8 Å². The molecule has 1 unspecified atom stereocenters. The average Bonchev–Trinajstić information content (AvgIpc) is 2.03. The summed E-state index contributed by atoms with van der Waals surface area (Å²) in [5, 5.41) is 8.61. The van der Waals surface area contributed by atoms with Crippen molar-refractivity contribution in [1.29, 1.82) is 0 Å². The summed E-state index contributed by atoms with van der Waals surface area (Å²) in [5.74, 6) is -1.21. The van der Waals surface area contributed by atoms with E-state index >= 15 is 0 Å². The number of hydrogen-bond donors (Lipinski definition) is 2. The van der Waals surface area contributed by atoms with Crippen molar-refractivity contribution in [3.63, 3.8) is 0 Å². The van der Waals surface area contributed by atoms with Gasteiger partial charge in [0, 0.05) is 0 Å². The summed E-state index contributed by atoms with van der Waals surface area (Å²) in [7, 11) is -2.47. The third-order valence-corrected chi connectivity index (χ3v) is 2.39. The van der Waals surface area contributed by atoms with Crippen molar-refractivity contribution in [2.24, 2.45) is 5.73 Å². The highest BCUT2D eigenvalue weighted by Gasteiger charge is 2.22. The molecule has 1 rings (SSSR count). The summed E-state index contributed by atoms with van der Waals surface area (Å²) in [5.41, 5.74) is 5.27. The van der Waals surface area contributed by atoms with Gasteiger partial charge in [-0.25, -0.2) is 4.79 Å². The Morgan fingerprint density at radius 2 is 2.15 bits per heavy atom. The first-order chi connectivity index (χ1) is 6.04. The Kier molecular flexibility index (Phi) is 2.64. The Morgan fingerprint density at radius 3 is 2.62 bits per heavy atom. The number of aliphatic carboxylic acids is 1. The Bertz CT molecular complexity index is 421. The lowest BCUT2D eigenvalue weighted by Crippen LogP contribution is -2.36. The van der Waals surface area contributed by atoms with Crippen molar-refractivity contribution in [2.75, 3.05) is 0 Å². The van der Waals surface area contributed by atoms with E-state index < -0.39 is 22.3 Å². The highest BCUT2D eigenvalue weighted by Crippen LogP contribution is 2.08. The molecule has 6 heteroatoms. The zero-order chi connectivity index (χ0) is 10.0.